The van der Waals surface area contributed by atoms with E-state index in [-0.39, 0.29) is 5.91 Å². The minimum absolute atomic E-state index is 0.190. The zero-order valence-electron chi connectivity index (χ0n) is 11.7. The first kappa shape index (κ1) is 14.2. The highest BCUT2D eigenvalue weighted by Crippen LogP contribution is 2.19. The molecule has 110 valence electrons. The number of benzene rings is 2. The molecule has 6 nitrogen and oxygen atoms in total. The van der Waals surface area contributed by atoms with Crippen molar-refractivity contribution in [2.45, 2.75) is 0 Å². The van der Waals surface area contributed by atoms with E-state index in [0.29, 0.717) is 22.1 Å². The third-order valence-corrected chi connectivity index (χ3v) is 3.38. The molecule has 0 saturated heterocycles. The summed E-state index contributed by atoms with van der Waals surface area (Å²) in [4.78, 5) is 12.1. The summed E-state index contributed by atoms with van der Waals surface area (Å²) in [5.41, 5.74) is 2.11. The standard InChI is InChI=1S/C15H12ClN5O/c1-21-14(18-19-20-21)10-4-8-13(9-5-10)17-15(22)11-2-6-12(16)7-3-11/h2-9H,1H3,(H,17,22). The van der Waals surface area contributed by atoms with Crippen LogP contribution in [0.25, 0.3) is 11.4 Å². The van der Waals surface area contributed by atoms with Gasteiger partial charge >= 0.3 is 0 Å². The summed E-state index contributed by atoms with van der Waals surface area (Å²) in [6.07, 6.45) is 0. The molecule has 0 radical (unpaired) electrons. The normalized spacial score (nSPS) is 10.5. The number of anilines is 1. The van der Waals surface area contributed by atoms with Crippen LogP contribution >= 0.6 is 11.6 Å². The van der Waals surface area contributed by atoms with Crippen LogP contribution in [0.2, 0.25) is 5.02 Å². The molecule has 0 aliphatic rings. The van der Waals surface area contributed by atoms with Crippen molar-refractivity contribution in [3.05, 3.63) is 59.1 Å². The van der Waals surface area contributed by atoms with E-state index >= 15 is 0 Å². The van der Waals surface area contributed by atoms with E-state index in [1.54, 1.807) is 48.1 Å². The van der Waals surface area contributed by atoms with Gasteiger partial charge in [-0.25, -0.2) is 4.68 Å². The van der Waals surface area contributed by atoms with Crippen LogP contribution in [0.3, 0.4) is 0 Å². The summed E-state index contributed by atoms with van der Waals surface area (Å²) in [6.45, 7) is 0. The largest absolute Gasteiger partial charge is 0.322 e. The Morgan fingerprint density at radius 3 is 2.36 bits per heavy atom. The van der Waals surface area contributed by atoms with Crippen LogP contribution < -0.4 is 5.32 Å². The first-order valence-corrected chi connectivity index (χ1v) is 6.91. The molecule has 3 aromatic rings. The predicted octanol–water partition coefficient (Wildman–Crippen LogP) is 2.78. The molecule has 22 heavy (non-hydrogen) atoms. The number of tetrazole rings is 1. The fraction of sp³-hybridized carbons (Fsp3) is 0.0667. The number of carbonyl (C=O) groups excluding carboxylic acids is 1. The van der Waals surface area contributed by atoms with Crippen molar-refractivity contribution < 1.29 is 4.79 Å². The number of aryl methyl sites for hydroxylation is 1. The van der Waals surface area contributed by atoms with E-state index in [4.69, 9.17) is 11.6 Å². The Balaban J connectivity index is 1.75. The molecular formula is C15H12ClN5O. The van der Waals surface area contributed by atoms with Gasteiger partial charge in [-0.3, -0.25) is 4.79 Å². The molecule has 0 atom stereocenters. The maximum Gasteiger partial charge on any atom is 0.255 e. The maximum atomic E-state index is 12.1. The van der Waals surface area contributed by atoms with Crippen LogP contribution in [0.4, 0.5) is 5.69 Å². The lowest BCUT2D eigenvalue weighted by atomic mass is 10.1. The minimum atomic E-state index is -0.190. The molecular weight excluding hydrogens is 302 g/mol. The van der Waals surface area contributed by atoms with Crippen molar-refractivity contribution >= 4 is 23.2 Å². The number of aromatic nitrogens is 4. The van der Waals surface area contributed by atoms with E-state index in [9.17, 15) is 4.79 Å². The molecule has 3 rings (SSSR count). The monoisotopic (exact) mass is 313 g/mol. The summed E-state index contributed by atoms with van der Waals surface area (Å²) < 4.78 is 1.58. The lowest BCUT2D eigenvalue weighted by molar-refractivity contribution is 0.102. The molecule has 0 bridgehead atoms. The molecule has 0 saturated carbocycles. The molecule has 2 aromatic carbocycles. The SMILES string of the molecule is Cn1nnnc1-c1ccc(NC(=O)c2ccc(Cl)cc2)cc1. The van der Waals surface area contributed by atoms with Gasteiger partial charge in [-0.05, 0) is 59.0 Å². The van der Waals surface area contributed by atoms with E-state index in [1.807, 2.05) is 12.1 Å². The molecule has 0 aliphatic carbocycles. The highest BCUT2D eigenvalue weighted by Gasteiger charge is 2.08. The van der Waals surface area contributed by atoms with Crippen molar-refractivity contribution in [3.63, 3.8) is 0 Å². The van der Waals surface area contributed by atoms with E-state index in [1.165, 1.54) is 0 Å². The molecule has 0 aliphatic heterocycles. The second-order valence-corrected chi connectivity index (χ2v) is 5.10. The van der Waals surface area contributed by atoms with E-state index in [2.05, 4.69) is 20.8 Å². The number of hydrogen-bond acceptors (Lipinski definition) is 4. The number of nitrogens with one attached hydrogen (secondary N) is 1. The second-order valence-electron chi connectivity index (χ2n) is 4.66. The van der Waals surface area contributed by atoms with Gasteiger partial charge in [0.1, 0.15) is 0 Å². The molecule has 0 spiro atoms. The van der Waals surface area contributed by atoms with Gasteiger partial charge in [0.2, 0.25) is 0 Å². The van der Waals surface area contributed by atoms with E-state index in [0.717, 1.165) is 5.56 Å². The molecule has 0 fully saturated rings. The summed E-state index contributed by atoms with van der Waals surface area (Å²) in [7, 11) is 1.77. The average molecular weight is 314 g/mol. The summed E-state index contributed by atoms with van der Waals surface area (Å²) >= 11 is 5.81. The van der Waals surface area contributed by atoms with Gasteiger partial charge < -0.3 is 5.32 Å². The molecule has 0 unspecified atom stereocenters. The smallest absolute Gasteiger partial charge is 0.255 e. The second kappa shape index (κ2) is 5.95. The average Bonchev–Trinajstić information content (AvgIpc) is 2.95. The number of rotatable bonds is 3. The van der Waals surface area contributed by atoms with Crippen LogP contribution in [-0.2, 0) is 7.05 Å². The fourth-order valence-corrected chi connectivity index (χ4v) is 2.11. The Morgan fingerprint density at radius 2 is 1.77 bits per heavy atom. The number of nitrogens with zero attached hydrogens (tertiary/aromatic N) is 4. The van der Waals surface area contributed by atoms with Gasteiger partial charge in [0.05, 0.1) is 0 Å². The van der Waals surface area contributed by atoms with Crippen molar-refractivity contribution in [1.82, 2.24) is 20.2 Å². The lowest BCUT2D eigenvalue weighted by Gasteiger charge is -2.06. The van der Waals surface area contributed by atoms with Crippen LogP contribution in [0.15, 0.2) is 48.5 Å². The molecule has 7 heteroatoms. The zero-order valence-corrected chi connectivity index (χ0v) is 12.4. The van der Waals surface area contributed by atoms with Crippen LogP contribution in [0.5, 0.6) is 0 Å². The van der Waals surface area contributed by atoms with Gasteiger partial charge in [0.25, 0.3) is 5.91 Å². The van der Waals surface area contributed by atoms with Crippen molar-refractivity contribution in [3.8, 4) is 11.4 Å². The Morgan fingerprint density at radius 1 is 1.09 bits per heavy atom. The van der Waals surface area contributed by atoms with Gasteiger partial charge in [-0.1, -0.05) is 11.6 Å². The Kier molecular flexibility index (Phi) is 3.84. The highest BCUT2D eigenvalue weighted by molar-refractivity contribution is 6.30. The quantitative estimate of drug-likeness (QED) is 0.807. The van der Waals surface area contributed by atoms with Crippen LogP contribution in [0, 0.1) is 0 Å². The summed E-state index contributed by atoms with van der Waals surface area (Å²) in [5.74, 6) is 0.473. The zero-order chi connectivity index (χ0) is 15.5. The van der Waals surface area contributed by atoms with Crippen LogP contribution in [0.1, 0.15) is 10.4 Å². The van der Waals surface area contributed by atoms with Gasteiger partial charge in [0.15, 0.2) is 5.82 Å². The molecule has 1 aromatic heterocycles. The van der Waals surface area contributed by atoms with Gasteiger partial charge in [-0.15, -0.1) is 5.10 Å². The predicted molar refractivity (Wildman–Crippen MR) is 83.6 cm³/mol. The van der Waals surface area contributed by atoms with E-state index < -0.39 is 0 Å². The molecule has 1 amide bonds. The first-order chi connectivity index (χ1) is 10.6. The van der Waals surface area contributed by atoms with Crippen molar-refractivity contribution in [2.75, 3.05) is 5.32 Å². The third-order valence-electron chi connectivity index (χ3n) is 3.13. The van der Waals surface area contributed by atoms with Crippen LogP contribution in [-0.4, -0.2) is 26.1 Å². The number of amides is 1. The van der Waals surface area contributed by atoms with Gasteiger partial charge in [0, 0.05) is 28.9 Å². The van der Waals surface area contributed by atoms with Gasteiger partial charge in [-0.2, -0.15) is 0 Å². The topological polar surface area (TPSA) is 72.7 Å². The Labute approximate surface area is 131 Å². The Hall–Kier alpha value is -2.73. The minimum Gasteiger partial charge on any atom is -0.322 e. The lowest BCUT2D eigenvalue weighted by Crippen LogP contribution is -2.11. The Bertz CT molecular complexity index is 796. The first-order valence-electron chi connectivity index (χ1n) is 6.53. The number of hydrogen-bond donors (Lipinski definition) is 1. The number of carbonyl (C=O) groups is 1. The summed E-state index contributed by atoms with van der Waals surface area (Å²) in [5, 5.41) is 14.7. The fourth-order valence-electron chi connectivity index (χ4n) is 1.98. The molecule has 1 N–H and O–H groups in total. The number of halogens is 1. The highest BCUT2D eigenvalue weighted by atomic mass is 35.5. The van der Waals surface area contributed by atoms with Crippen molar-refractivity contribution in [1.29, 1.82) is 0 Å². The summed E-state index contributed by atoms with van der Waals surface area (Å²) in [6, 6.07) is 14.0. The van der Waals surface area contributed by atoms with Crippen molar-refractivity contribution in [2.24, 2.45) is 7.05 Å². The third kappa shape index (κ3) is 2.96. The maximum absolute atomic E-state index is 12.1. The molecule has 1 heterocycles.